The monoisotopic (exact) mass is 398 g/mol. The summed E-state index contributed by atoms with van der Waals surface area (Å²) >= 11 is 6.33. The molecule has 0 amide bonds. The number of aromatic nitrogens is 4. The number of benzene rings is 1. The van der Waals surface area contributed by atoms with Crippen molar-refractivity contribution >= 4 is 11.6 Å². The molecule has 0 atom stereocenters. The van der Waals surface area contributed by atoms with Gasteiger partial charge in [0.2, 0.25) is 0 Å². The van der Waals surface area contributed by atoms with E-state index in [1.807, 2.05) is 44.2 Å². The summed E-state index contributed by atoms with van der Waals surface area (Å²) in [5, 5.41) is 4.99. The number of pyridine rings is 1. The highest BCUT2D eigenvalue weighted by Gasteiger charge is 2.18. The summed E-state index contributed by atoms with van der Waals surface area (Å²) in [6.45, 7) is 8.16. The van der Waals surface area contributed by atoms with Crippen molar-refractivity contribution in [2.24, 2.45) is 0 Å². The number of nitrogens with zero attached hydrogens (tertiary/aromatic N) is 4. The minimum Gasteiger partial charge on any atom is -0.491 e. The summed E-state index contributed by atoms with van der Waals surface area (Å²) < 4.78 is 8.72. The van der Waals surface area contributed by atoms with Crippen LogP contribution in [0.2, 0.25) is 5.02 Å². The molecule has 0 unspecified atom stereocenters. The molecule has 0 radical (unpaired) electrons. The molecule has 0 fully saturated rings. The molecule has 0 aliphatic heterocycles. The third kappa shape index (κ3) is 4.34. The van der Waals surface area contributed by atoms with Crippen LogP contribution in [0.4, 0.5) is 0 Å². The Hall–Kier alpha value is -2.86. The van der Waals surface area contributed by atoms with E-state index in [1.54, 1.807) is 23.0 Å². The largest absolute Gasteiger partial charge is 0.491 e. The van der Waals surface area contributed by atoms with Crippen molar-refractivity contribution in [2.75, 3.05) is 0 Å². The van der Waals surface area contributed by atoms with Gasteiger partial charge in [-0.2, -0.15) is 0 Å². The van der Waals surface area contributed by atoms with Gasteiger partial charge in [0.25, 0.3) is 0 Å². The molecule has 1 aromatic carbocycles. The van der Waals surface area contributed by atoms with E-state index in [0.717, 1.165) is 18.6 Å². The van der Waals surface area contributed by atoms with Crippen molar-refractivity contribution in [1.82, 2.24) is 19.3 Å². The van der Waals surface area contributed by atoms with Gasteiger partial charge in [0.15, 0.2) is 5.82 Å². The first-order chi connectivity index (χ1) is 13.5. The summed E-state index contributed by atoms with van der Waals surface area (Å²) in [5.74, 6) is 1.22. The standard InChI is InChI=1S/C21H23ClN4O2/c1-4-5-6-13-25-21(27)26(16-7-9-17(10-8-16)28-15(2)3)20(24-25)18-11-12-23-14-19(18)22/h4,7-12,14-15H,1,5-6,13H2,2-3H3. The van der Waals surface area contributed by atoms with Gasteiger partial charge in [0.05, 0.1) is 16.8 Å². The van der Waals surface area contributed by atoms with Crippen LogP contribution in [0.5, 0.6) is 5.75 Å². The predicted molar refractivity (Wildman–Crippen MR) is 111 cm³/mol. The van der Waals surface area contributed by atoms with Gasteiger partial charge in [0, 0.05) is 24.5 Å². The first-order valence-corrected chi connectivity index (χ1v) is 9.56. The van der Waals surface area contributed by atoms with E-state index in [0.29, 0.717) is 28.6 Å². The predicted octanol–water partition coefficient (Wildman–Crippen LogP) is 4.50. The first-order valence-electron chi connectivity index (χ1n) is 9.19. The van der Waals surface area contributed by atoms with Gasteiger partial charge >= 0.3 is 5.69 Å². The molecule has 7 heteroatoms. The van der Waals surface area contributed by atoms with Crippen LogP contribution in [-0.2, 0) is 6.54 Å². The smallest absolute Gasteiger partial charge is 0.350 e. The van der Waals surface area contributed by atoms with Gasteiger partial charge in [-0.05, 0) is 57.0 Å². The summed E-state index contributed by atoms with van der Waals surface area (Å²) in [4.78, 5) is 17.1. The average molecular weight is 399 g/mol. The molecule has 0 saturated heterocycles. The van der Waals surface area contributed by atoms with Gasteiger partial charge in [0.1, 0.15) is 5.75 Å². The van der Waals surface area contributed by atoms with Gasteiger partial charge in [-0.1, -0.05) is 17.7 Å². The molecular weight excluding hydrogens is 376 g/mol. The second-order valence-electron chi connectivity index (χ2n) is 6.61. The van der Waals surface area contributed by atoms with Crippen molar-refractivity contribution in [3.05, 3.63) is 70.9 Å². The van der Waals surface area contributed by atoms with E-state index < -0.39 is 0 Å². The number of ether oxygens (including phenoxy) is 1. The number of hydrogen-bond donors (Lipinski definition) is 0. The zero-order valence-corrected chi connectivity index (χ0v) is 16.8. The molecule has 3 rings (SSSR count). The van der Waals surface area contributed by atoms with Crippen molar-refractivity contribution in [3.8, 4) is 22.8 Å². The fourth-order valence-corrected chi connectivity index (χ4v) is 3.05. The maximum absolute atomic E-state index is 13.1. The maximum Gasteiger partial charge on any atom is 0.350 e. The summed E-state index contributed by atoms with van der Waals surface area (Å²) in [5.41, 5.74) is 1.13. The number of aryl methyl sites for hydroxylation is 1. The Kier molecular flexibility index (Phi) is 6.31. The zero-order chi connectivity index (χ0) is 20.1. The minimum absolute atomic E-state index is 0.0763. The average Bonchev–Trinajstić information content (AvgIpc) is 2.99. The van der Waals surface area contributed by atoms with Gasteiger partial charge in [-0.25, -0.2) is 14.0 Å². The van der Waals surface area contributed by atoms with E-state index >= 15 is 0 Å². The Bertz CT molecular complexity index is 1010. The van der Waals surface area contributed by atoms with Gasteiger partial charge < -0.3 is 4.74 Å². The Morgan fingerprint density at radius 1 is 1.25 bits per heavy atom. The van der Waals surface area contributed by atoms with Crippen LogP contribution in [-0.4, -0.2) is 25.4 Å². The molecule has 2 aromatic heterocycles. The summed E-state index contributed by atoms with van der Waals surface area (Å²) in [6.07, 6.45) is 6.67. The van der Waals surface area contributed by atoms with Crippen molar-refractivity contribution in [3.63, 3.8) is 0 Å². The zero-order valence-electron chi connectivity index (χ0n) is 16.0. The molecular formula is C21H23ClN4O2. The van der Waals surface area contributed by atoms with E-state index in [-0.39, 0.29) is 11.8 Å². The highest BCUT2D eigenvalue weighted by Crippen LogP contribution is 2.27. The Labute approximate surface area is 169 Å². The van der Waals surface area contributed by atoms with Crippen LogP contribution >= 0.6 is 11.6 Å². The number of unbranched alkanes of at least 4 members (excludes halogenated alkanes) is 1. The van der Waals surface area contributed by atoms with Crippen molar-refractivity contribution in [1.29, 1.82) is 0 Å². The van der Waals surface area contributed by atoms with Gasteiger partial charge in [-0.15, -0.1) is 11.7 Å². The molecule has 0 aliphatic carbocycles. The van der Waals surface area contributed by atoms with Crippen LogP contribution in [0.3, 0.4) is 0 Å². The third-order valence-electron chi connectivity index (χ3n) is 4.10. The van der Waals surface area contributed by atoms with Crippen LogP contribution in [0.1, 0.15) is 26.7 Å². The number of rotatable bonds is 8. The fourth-order valence-electron chi connectivity index (χ4n) is 2.85. The summed E-state index contributed by atoms with van der Waals surface area (Å²) in [6, 6.07) is 9.12. The van der Waals surface area contributed by atoms with Crippen LogP contribution in [0, 0.1) is 0 Å². The lowest BCUT2D eigenvalue weighted by Crippen LogP contribution is -2.24. The lowest BCUT2D eigenvalue weighted by atomic mass is 10.2. The number of halogens is 1. The molecule has 0 bridgehead atoms. The third-order valence-corrected chi connectivity index (χ3v) is 4.40. The van der Waals surface area contributed by atoms with Crippen LogP contribution in [0.15, 0.2) is 60.2 Å². The molecule has 146 valence electrons. The normalized spacial score (nSPS) is 11.0. The highest BCUT2D eigenvalue weighted by molar-refractivity contribution is 6.33. The molecule has 28 heavy (non-hydrogen) atoms. The van der Waals surface area contributed by atoms with E-state index in [9.17, 15) is 4.79 Å². The molecule has 0 N–H and O–H groups in total. The first kappa shape index (κ1) is 19.9. The lowest BCUT2D eigenvalue weighted by Gasteiger charge is -2.11. The Morgan fingerprint density at radius 3 is 2.64 bits per heavy atom. The molecule has 3 aromatic rings. The quantitative estimate of drug-likeness (QED) is 0.414. The topological polar surface area (TPSA) is 61.9 Å². The van der Waals surface area contributed by atoms with Crippen LogP contribution in [0.25, 0.3) is 17.1 Å². The maximum atomic E-state index is 13.1. The second-order valence-corrected chi connectivity index (χ2v) is 7.02. The Balaban J connectivity index is 2.08. The highest BCUT2D eigenvalue weighted by atomic mass is 35.5. The molecule has 2 heterocycles. The number of hydrogen-bond acceptors (Lipinski definition) is 4. The van der Waals surface area contributed by atoms with E-state index in [1.165, 1.54) is 4.68 Å². The molecule has 0 saturated carbocycles. The summed E-state index contributed by atoms with van der Waals surface area (Å²) in [7, 11) is 0. The van der Waals surface area contributed by atoms with Crippen molar-refractivity contribution in [2.45, 2.75) is 39.3 Å². The fraction of sp³-hybridized carbons (Fsp3) is 0.286. The van der Waals surface area contributed by atoms with E-state index in [4.69, 9.17) is 16.3 Å². The molecule has 6 nitrogen and oxygen atoms in total. The van der Waals surface area contributed by atoms with Crippen molar-refractivity contribution < 1.29 is 4.74 Å². The Morgan fingerprint density at radius 2 is 2.00 bits per heavy atom. The second kappa shape index (κ2) is 8.89. The SMILES string of the molecule is C=CCCCn1nc(-c2ccncc2Cl)n(-c2ccc(OC(C)C)cc2)c1=O. The van der Waals surface area contributed by atoms with E-state index in [2.05, 4.69) is 16.7 Å². The van der Waals surface area contributed by atoms with Gasteiger partial charge in [-0.3, -0.25) is 4.98 Å². The molecule has 0 aliphatic rings. The minimum atomic E-state index is -0.218. The number of allylic oxidation sites excluding steroid dienone is 1. The van der Waals surface area contributed by atoms with Crippen LogP contribution < -0.4 is 10.4 Å². The molecule has 0 spiro atoms. The lowest BCUT2D eigenvalue weighted by molar-refractivity contribution is 0.242.